The molecule has 0 saturated heterocycles. The van der Waals surface area contributed by atoms with E-state index in [0.717, 1.165) is 11.4 Å². The zero-order valence-electron chi connectivity index (χ0n) is 10.5. The fourth-order valence-corrected chi connectivity index (χ4v) is 2.15. The average Bonchev–Trinajstić information content (AvgIpc) is 2.69. The molecule has 0 unspecified atom stereocenters. The number of para-hydroxylation sites is 1. The Morgan fingerprint density at radius 2 is 1.95 bits per heavy atom. The largest absolute Gasteiger partial charge is 0.369 e. The number of hydrogen-bond donors (Lipinski definition) is 1. The van der Waals surface area contributed by atoms with Crippen molar-refractivity contribution in [1.82, 2.24) is 14.5 Å². The van der Waals surface area contributed by atoms with Crippen molar-refractivity contribution in [2.24, 2.45) is 0 Å². The summed E-state index contributed by atoms with van der Waals surface area (Å²) in [4.78, 5) is 8.49. The number of imidazole rings is 1. The van der Waals surface area contributed by atoms with E-state index in [-0.39, 0.29) is 5.82 Å². The van der Waals surface area contributed by atoms with Gasteiger partial charge in [0.2, 0.25) is 5.95 Å². The van der Waals surface area contributed by atoms with Gasteiger partial charge in [-0.05, 0) is 31.2 Å². The van der Waals surface area contributed by atoms with Gasteiger partial charge in [-0.25, -0.2) is 9.37 Å². The molecule has 4 nitrogen and oxygen atoms in total. The average molecular weight is 256 g/mol. The number of anilines is 1. The van der Waals surface area contributed by atoms with Crippen molar-refractivity contribution in [1.29, 1.82) is 0 Å². The third kappa shape index (κ3) is 2.03. The van der Waals surface area contributed by atoms with Gasteiger partial charge in [0.05, 0.1) is 17.8 Å². The van der Waals surface area contributed by atoms with E-state index in [1.165, 1.54) is 6.07 Å². The van der Waals surface area contributed by atoms with Crippen LogP contribution in [0.5, 0.6) is 0 Å². The number of benzene rings is 1. The molecule has 2 aromatic heterocycles. The highest BCUT2D eigenvalue weighted by Gasteiger charge is 2.12. The molecule has 3 aromatic rings. The van der Waals surface area contributed by atoms with Crippen LogP contribution < -0.4 is 5.73 Å². The molecule has 96 valence electrons. The van der Waals surface area contributed by atoms with E-state index in [2.05, 4.69) is 9.97 Å². The fraction of sp³-hybridized carbons (Fsp3) is 0.143. The molecule has 0 bridgehead atoms. The van der Waals surface area contributed by atoms with Gasteiger partial charge in [-0.15, -0.1) is 0 Å². The number of pyridine rings is 1. The number of aromatic nitrogens is 3. The molecule has 19 heavy (non-hydrogen) atoms. The van der Waals surface area contributed by atoms with E-state index in [0.29, 0.717) is 23.5 Å². The lowest BCUT2D eigenvalue weighted by Crippen LogP contribution is -2.06. The number of hydrogen-bond acceptors (Lipinski definition) is 3. The van der Waals surface area contributed by atoms with Crippen LogP contribution in [0.15, 0.2) is 36.4 Å². The first kappa shape index (κ1) is 11.6. The number of nitrogens with two attached hydrogens (primary N) is 1. The Labute approximate surface area is 109 Å². The zero-order valence-corrected chi connectivity index (χ0v) is 10.5. The number of halogens is 1. The molecule has 2 N–H and O–H groups in total. The van der Waals surface area contributed by atoms with Gasteiger partial charge in [-0.3, -0.25) is 4.98 Å². The zero-order chi connectivity index (χ0) is 13.4. The van der Waals surface area contributed by atoms with Crippen LogP contribution in [-0.2, 0) is 6.54 Å². The summed E-state index contributed by atoms with van der Waals surface area (Å²) in [7, 11) is 0. The second-order valence-electron chi connectivity index (χ2n) is 4.43. The Kier molecular flexibility index (Phi) is 2.67. The van der Waals surface area contributed by atoms with E-state index >= 15 is 0 Å². The Balaban J connectivity index is 2.10. The minimum atomic E-state index is -0.361. The lowest BCUT2D eigenvalue weighted by atomic mass is 10.3. The Morgan fingerprint density at radius 3 is 2.74 bits per heavy atom. The first-order chi connectivity index (χ1) is 9.15. The molecular formula is C14H13FN4. The maximum absolute atomic E-state index is 13.6. The third-order valence-corrected chi connectivity index (χ3v) is 3.03. The highest BCUT2D eigenvalue weighted by molar-refractivity contribution is 5.78. The Hall–Kier alpha value is -2.43. The molecule has 0 radical (unpaired) electrons. The van der Waals surface area contributed by atoms with Crippen LogP contribution in [0.4, 0.5) is 10.3 Å². The van der Waals surface area contributed by atoms with Crippen molar-refractivity contribution in [3.63, 3.8) is 0 Å². The third-order valence-electron chi connectivity index (χ3n) is 3.03. The molecule has 1 aromatic carbocycles. The standard InChI is InChI=1S/C14H13FN4/c1-9-4-2-5-10(17-9)8-19-12-7-3-6-11(15)13(12)18-14(19)16/h2-7H,8H2,1H3,(H2,16,18). The predicted octanol–water partition coefficient (Wildman–Crippen LogP) is 2.51. The molecule has 0 aliphatic carbocycles. The molecule has 0 amide bonds. The molecule has 5 heteroatoms. The van der Waals surface area contributed by atoms with Crippen molar-refractivity contribution in [2.45, 2.75) is 13.5 Å². The number of aryl methyl sites for hydroxylation is 1. The highest BCUT2D eigenvalue weighted by atomic mass is 19.1. The molecule has 0 spiro atoms. The summed E-state index contributed by atoms with van der Waals surface area (Å²) >= 11 is 0. The second-order valence-corrected chi connectivity index (χ2v) is 4.43. The number of rotatable bonds is 2. The van der Waals surface area contributed by atoms with Gasteiger partial charge >= 0.3 is 0 Å². The topological polar surface area (TPSA) is 56.7 Å². The summed E-state index contributed by atoms with van der Waals surface area (Å²) in [6.45, 7) is 2.41. The van der Waals surface area contributed by atoms with Crippen LogP contribution in [0.3, 0.4) is 0 Å². The minimum absolute atomic E-state index is 0.295. The van der Waals surface area contributed by atoms with Crippen molar-refractivity contribution >= 4 is 17.0 Å². The summed E-state index contributed by atoms with van der Waals surface area (Å²) in [5.74, 6) is -0.0662. The Morgan fingerprint density at radius 1 is 1.16 bits per heavy atom. The summed E-state index contributed by atoms with van der Waals surface area (Å²) in [5.41, 5.74) is 8.65. The van der Waals surface area contributed by atoms with Crippen LogP contribution >= 0.6 is 0 Å². The van der Waals surface area contributed by atoms with Crippen molar-refractivity contribution in [3.05, 3.63) is 53.6 Å². The monoisotopic (exact) mass is 256 g/mol. The molecule has 0 aliphatic rings. The minimum Gasteiger partial charge on any atom is -0.369 e. The van der Waals surface area contributed by atoms with Crippen LogP contribution in [0.2, 0.25) is 0 Å². The smallest absolute Gasteiger partial charge is 0.201 e. The molecular weight excluding hydrogens is 243 g/mol. The number of nitrogen functional groups attached to an aromatic ring is 1. The lowest BCUT2D eigenvalue weighted by molar-refractivity contribution is 0.637. The number of fused-ring (bicyclic) bond motifs is 1. The van der Waals surface area contributed by atoms with Gasteiger partial charge in [-0.1, -0.05) is 12.1 Å². The van der Waals surface area contributed by atoms with Gasteiger partial charge < -0.3 is 10.3 Å². The van der Waals surface area contributed by atoms with Crippen molar-refractivity contribution < 1.29 is 4.39 Å². The predicted molar refractivity (Wildman–Crippen MR) is 72.2 cm³/mol. The van der Waals surface area contributed by atoms with Gasteiger partial charge in [0.15, 0.2) is 5.82 Å². The van der Waals surface area contributed by atoms with Crippen molar-refractivity contribution in [2.75, 3.05) is 5.73 Å². The summed E-state index contributed by atoms with van der Waals surface area (Å²) in [6, 6.07) is 10.6. The van der Waals surface area contributed by atoms with E-state index in [1.54, 1.807) is 16.7 Å². The summed E-state index contributed by atoms with van der Waals surface area (Å²) in [5, 5.41) is 0. The molecule has 3 rings (SSSR count). The summed E-state index contributed by atoms with van der Waals surface area (Å²) < 4.78 is 15.4. The Bertz CT molecular complexity index is 748. The molecule has 0 aliphatic heterocycles. The molecule has 0 atom stereocenters. The van der Waals surface area contributed by atoms with Crippen LogP contribution in [0.1, 0.15) is 11.4 Å². The maximum Gasteiger partial charge on any atom is 0.201 e. The van der Waals surface area contributed by atoms with Crippen molar-refractivity contribution in [3.8, 4) is 0 Å². The SMILES string of the molecule is Cc1cccc(Cn2c(N)nc3c(F)cccc32)n1. The van der Waals surface area contributed by atoms with Crippen LogP contribution in [-0.4, -0.2) is 14.5 Å². The normalized spacial score (nSPS) is 11.1. The lowest BCUT2D eigenvalue weighted by Gasteiger charge is -2.06. The van der Waals surface area contributed by atoms with Gasteiger partial charge in [0, 0.05) is 5.69 Å². The first-order valence-corrected chi connectivity index (χ1v) is 5.98. The van der Waals surface area contributed by atoms with E-state index in [1.807, 2.05) is 25.1 Å². The van der Waals surface area contributed by atoms with E-state index in [4.69, 9.17) is 5.73 Å². The quantitative estimate of drug-likeness (QED) is 0.766. The van der Waals surface area contributed by atoms with Crippen LogP contribution in [0.25, 0.3) is 11.0 Å². The fourth-order valence-electron chi connectivity index (χ4n) is 2.15. The first-order valence-electron chi connectivity index (χ1n) is 5.98. The highest BCUT2D eigenvalue weighted by Crippen LogP contribution is 2.21. The number of nitrogens with zero attached hydrogens (tertiary/aromatic N) is 3. The summed E-state index contributed by atoms with van der Waals surface area (Å²) in [6.07, 6.45) is 0. The molecule has 0 fully saturated rings. The van der Waals surface area contributed by atoms with E-state index in [9.17, 15) is 4.39 Å². The van der Waals surface area contributed by atoms with E-state index < -0.39 is 0 Å². The van der Waals surface area contributed by atoms with Gasteiger partial charge in [0.1, 0.15) is 5.52 Å². The maximum atomic E-state index is 13.6. The van der Waals surface area contributed by atoms with Crippen LogP contribution in [0, 0.1) is 12.7 Å². The van der Waals surface area contributed by atoms with Gasteiger partial charge in [-0.2, -0.15) is 0 Å². The molecule has 2 heterocycles. The van der Waals surface area contributed by atoms with Gasteiger partial charge in [0.25, 0.3) is 0 Å². The molecule has 0 saturated carbocycles. The second kappa shape index (κ2) is 4.35.